The lowest BCUT2D eigenvalue weighted by Crippen LogP contribution is -2.17. The minimum Gasteiger partial charge on any atom is -0.508 e. The summed E-state index contributed by atoms with van der Waals surface area (Å²) in [5.74, 6) is -13.9. The second-order valence-electron chi connectivity index (χ2n) is 3.83. The number of ether oxygens (including phenoxy) is 1. The molecular formula is C13H5F5O3. The van der Waals surface area contributed by atoms with Gasteiger partial charge >= 0.3 is 5.97 Å². The molecule has 0 amide bonds. The normalized spacial score (nSPS) is 10.5. The predicted octanol–water partition coefficient (Wildman–Crippen LogP) is 3.31. The van der Waals surface area contributed by atoms with Crippen molar-refractivity contribution < 1.29 is 36.6 Å². The monoisotopic (exact) mass is 304 g/mol. The quantitative estimate of drug-likeness (QED) is 0.304. The number of rotatable bonds is 2. The molecule has 0 aliphatic carbocycles. The first-order chi connectivity index (χ1) is 9.82. The number of hydrogen-bond acceptors (Lipinski definition) is 3. The minimum atomic E-state index is -2.38. The summed E-state index contributed by atoms with van der Waals surface area (Å²) in [6, 6.07) is 4.53. The van der Waals surface area contributed by atoms with Crippen LogP contribution in [0.5, 0.6) is 11.5 Å². The molecule has 110 valence electrons. The number of halogens is 5. The third-order valence-corrected chi connectivity index (χ3v) is 2.44. The Balaban J connectivity index is 2.45. The van der Waals surface area contributed by atoms with Gasteiger partial charge in [0.15, 0.2) is 23.3 Å². The Kier molecular flexibility index (Phi) is 3.79. The van der Waals surface area contributed by atoms with Gasteiger partial charge < -0.3 is 9.84 Å². The standard InChI is InChI=1S/C13H5F5O3/c14-8-7(9(15)11(17)12(18)10(8)16)13(20)21-6-3-1-2-5(19)4-6/h1-4,19H. The van der Waals surface area contributed by atoms with Gasteiger partial charge in [0.1, 0.15) is 17.1 Å². The number of carbonyl (C=O) groups excluding carboxylic acids is 1. The highest BCUT2D eigenvalue weighted by atomic mass is 19.2. The topological polar surface area (TPSA) is 46.5 Å². The van der Waals surface area contributed by atoms with Crippen LogP contribution in [0.3, 0.4) is 0 Å². The van der Waals surface area contributed by atoms with Crippen LogP contribution < -0.4 is 4.74 Å². The molecule has 0 saturated heterocycles. The Labute approximate surface area is 114 Å². The zero-order valence-electron chi connectivity index (χ0n) is 9.96. The fourth-order valence-electron chi connectivity index (χ4n) is 1.49. The second kappa shape index (κ2) is 5.39. The lowest BCUT2D eigenvalue weighted by Gasteiger charge is -2.08. The van der Waals surface area contributed by atoms with Gasteiger partial charge in [0.25, 0.3) is 0 Å². The number of benzene rings is 2. The molecule has 0 atom stereocenters. The lowest BCUT2D eigenvalue weighted by atomic mass is 10.1. The third-order valence-electron chi connectivity index (χ3n) is 2.44. The molecule has 0 spiro atoms. The lowest BCUT2D eigenvalue weighted by molar-refractivity contribution is 0.0720. The number of carbonyl (C=O) groups is 1. The maximum atomic E-state index is 13.4. The summed E-state index contributed by atoms with van der Waals surface area (Å²) in [6.45, 7) is 0. The Morgan fingerprint density at radius 3 is 1.95 bits per heavy atom. The van der Waals surface area contributed by atoms with E-state index < -0.39 is 40.6 Å². The maximum absolute atomic E-state index is 13.4. The zero-order valence-corrected chi connectivity index (χ0v) is 9.96. The van der Waals surface area contributed by atoms with Gasteiger partial charge in [-0.15, -0.1) is 0 Å². The van der Waals surface area contributed by atoms with E-state index in [-0.39, 0.29) is 11.5 Å². The average molecular weight is 304 g/mol. The van der Waals surface area contributed by atoms with Crippen molar-refractivity contribution in [3.8, 4) is 11.5 Å². The van der Waals surface area contributed by atoms with Crippen molar-refractivity contribution in [3.05, 3.63) is 58.9 Å². The summed E-state index contributed by atoms with van der Waals surface area (Å²) in [5.41, 5.74) is -1.71. The molecule has 21 heavy (non-hydrogen) atoms. The molecule has 8 heteroatoms. The Hall–Kier alpha value is -2.64. The molecule has 2 aromatic rings. The van der Waals surface area contributed by atoms with E-state index in [0.29, 0.717) is 0 Å². The van der Waals surface area contributed by atoms with Gasteiger partial charge in [-0.05, 0) is 12.1 Å². The number of esters is 1. The summed E-state index contributed by atoms with van der Waals surface area (Å²) in [5, 5.41) is 9.12. The van der Waals surface area contributed by atoms with Crippen molar-refractivity contribution in [2.75, 3.05) is 0 Å². The smallest absolute Gasteiger partial charge is 0.349 e. The number of phenolic OH excluding ortho intramolecular Hbond substituents is 1. The largest absolute Gasteiger partial charge is 0.508 e. The van der Waals surface area contributed by atoms with Crippen LogP contribution in [0.2, 0.25) is 0 Å². The number of hydrogen-bond donors (Lipinski definition) is 1. The van der Waals surface area contributed by atoms with Gasteiger partial charge in [0, 0.05) is 6.07 Å². The summed E-state index contributed by atoms with van der Waals surface area (Å²) >= 11 is 0. The first kappa shape index (κ1) is 14.8. The van der Waals surface area contributed by atoms with E-state index in [1.165, 1.54) is 12.1 Å². The highest BCUT2D eigenvalue weighted by Gasteiger charge is 2.30. The molecule has 0 bridgehead atoms. The summed E-state index contributed by atoms with van der Waals surface area (Å²) in [6.07, 6.45) is 0. The molecule has 1 N–H and O–H groups in total. The van der Waals surface area contributed by atoms with Crippen LogP contribution in [0.25, 0.3) is 0 Å². The first-order valence-electron chi connectivity index (χ1n) is 5.35. The van der Waals surface area contributed by atoms with Crippen molar-refractivity contribution >= 4 is 5.97 Å². The molecular weight excluding hydrogens is 299 g/mol. The van der Waals surface area contributed by atoms with Crippen molar-refractivity contribution in [2.24, 2.45) is 0 Å². The van der Waals surface area contributed by atoms with E-state index >= 15 is 0 Å². The maximum Gasteiger partial charge on any atom is 0.349 e. The third kappa shape index (κ3) is 2.64. The van der Waals surface area contributed by atoms with Gasteiger partial charge in [-0.1, -0.05) is 6.07 Å². The second-order valence-corrected chi connectivity index (χ2v) is 3.83. The minimum absolute atomic E-state index is 0.322. The molecule has 0 unspecified atom stereocenters. The van der Waals surface area contributed by atoms with E-state index in [0.717, 1.165) is 12.1 Å². The van der Waals surface area contributed by atoms with Crippen LogP contribution in [-0.2, 0) is 0 Å². The predicted molar refractivity (Wildman–Crippen MR) is 59.3 cm³/mol. The Morgan fingerprint density at radius 1 is 0.905 bits per heavy atom. The zero-order chi connectivity index (χ0) is 15.7. The van der Waals surface area contributed by atoms with Gasteiger partial charge in [0.05, 0.1) is 0 Å². The first-order valence-corrected chi connectivity index (χ1v) is 5.35. The number of phenols is 1. The Morgan fingerprint density at radius 2 is 1.43 bits per heavy atom. The molecule has 0 heterocycles. The Bertz CT molecular complexity index is 701. The van der Waals surface area contributed by atoms with Crippen molar-refractivity contribution in [1.29, 1.82) is 0 Å². The molecule has 0 aliphatic heterocycles. The van der Waals surface area contributed by atoms with Crippen molar-refractivity contribution in [2.45, 2.75) is 0 Å². The van der Waals surface area contributed by atoms with Gasteiger partial charge in [-0.3, -0.25) is 0 Å². The molecule has 0 saturated carbocycles. The van der Waals surface area contributed by atoms with Crippen LogP contribution in [0.1, 0.15) is 10.4 Å². The van der Waals surface area contributed by atoms with Gasteiger partial charge in [0.2, 0.25) is 5.82 Å². The van der Waals surface area contributed by atoms with E-state index in [4.69, 9.17) is 5.11 Å². The fourth-order valence-corrected chi connectivity index (χ4v) is 1.49. The highest BCUT2D eigenvalue weighted by Crippen LogP contribution is 2.25. The molecule has 0 radical (unpaired) electrons. The van der Waals surface area contributed by atoms with Crippen LogP contribution in [0, 0.1) is 29.1 Å². The fraction of sp³-hybridized carbons (Fsp3) is 0. The van der Waals surface area contributed by atoms with Crippen LogP contribution >= 0.6 is 0 Å². The molecule has 2 rings (SSSR count). The summed E-state index contributed by atoms with van der Waals surface area (Å²) in [4.78, 5) is 11.5. The highest BCUT2D eigenvalue weighted by molar-refractivity contribution is 5.91. The molecule has 2 aromatic carbocycles. The summed E-state index contributed by atoms with van der Waals surface area (Å²) < 4.78 is 69.9. The average Bonchev–Trinajstić information content (AvgIpc) is 2.43. The van der Waals surface area contributed by atoms with Gasteiger partial charge in [-0.2, -0.15) is 0 Å². The van der Waals surface area contributed by atoms with E-state index in [1.807, 2.05) is 0 Å². The SMILES string of the molecule is O=C(Oc1cccc(O)c1)c1c(F)c(F)c(F)c(F)c1F. The molecule has 0 fully saturated rings. The number of aromatic hydroxyl groups is 1. The molecule has 3 nitrogen and oxygen atoms in total. The van der Waals surface area contributed by atoms with Crippen LogP contribution in [0.4, 0.5) is 22.0 Å². The van der Waals surface area contributed by atoms with E-state index in [2.05, 4.69) is 4.74 Å². The van der Waals surface area contributed by atoms with Crippen molar-refractivity contribution in [1.82, 2.24) is 0 Å². The molecule has 0 aliphatic rings. The van der Waals surface area contributed by atoms with Crippen LogP contribution in [-0.4, -0.2) is 11.1 Å². The molecule has 0 aromatic heterocycles. The van der Waals surface area contributed by atoms with Crippen LogP contribution in [0.15, 0.2) is 24.3 Å². The van der Waals surface area contributed by atoms with E-state index in [1.54, 1.807) is 0 Å². The van der Waals surface area contributed by atoms with E-state index in [9.17, 15) is 26.7 Å². The van der Waals surface area contributed by atoms with Crippen molar-refractivity contribution in [3.63, 3.8) is 0 Å². The van der Waals surface area contributed by atoms with Gasteiger partial charge in [-0.25, -0.2) is 26.7 Å². The summed E-state index contributed by atoms with van der Waals surface area (Å²) in [7, 11) is 0.